The molecule has 2 rings (SSSR count). The summed E-state index contributed by atoms with van der Waals surface area (Å²) in [6.07, 6.45) is 0. The SMILES string of the molecule is CO/N=C(/C(=O)OC)c1cccc(C)c1CO/N=C(\C)c1c(F)cccc1OC. The van der Waals surface area contributed by atoms with E-state index in [1.54, 1.807) is 31.2 Å². The maximum atomic E-state index is 14.2. The van der Waals surface area contributed by atoms with Crippen LogP contribution in [0.1, 0.15) is 29.2 Å². The summed E-state index contributed by atoms with van der Waals surface area (Å²) in [5.41, 5.74) is 2.56. The third kappa shape index (κ3) is 5.10. The summed E-state index contributed by atoms with van der Waals surface area (Å²) < 4.78 is 24.2. The van der Waals surface area contributed by atoms with Crippen LogP contribution in [0.5, 0.6) is 5.75 Å². The second-order valence-corrected chi connectivity index (χ2v) is 5.98. The van der Waals surface area contributed by atoms with E-state index in [2.05, 4.69) is 10.3 Å². The zero-order valence-electron chi connectivity index (χ0n) is 17.0. The highest BCUT2D eigenvalue weighted by molar-refractivity contribution is 6.43. The van der Waals surface area contributed by atoms with Gasteiger partial charge in [-0.05, 0) is 31.5 Å². The van der Waals surface area contributed by atoms with Gasteiger partial charge in [-0.1, -0.05) is 34.6 Å². The Morgan fingerprint density at radius 3 is 2.45 bits per heavy atom. The average Bonchev–Trinajstić information content (AvgIpc) is 2.72. The molecule has 0 saturated carbocycles. The minimum atomic E-state index is -0.644. The highest BCUT2D eigenvalue weighted by Gasteiger charge is 2.21. The van der Waals surface area contributed by atoms with Crippen LogP contribution < -0.4 is 4.74 Å². The summed E-state index contributed by atoms with van der Waals surface area (Å²) in [6.45, 7) is 3.50. The predicted molar refractivity (Wildman–Crippen MR) is 107 cm³/mol. The lowest BCUT2D eigenvalue weighted by Crippen LogP contribution is -2.20. The Morgan fingerprint density at radius 1 is 1.07 bits per heavy atom. The highest BCUT2D eigenvalue weighted by atomic mass is 19.1. The zero-order chi connectivity index (χ0) is 21.4. The van der Waals surface area contributed by atoms with E-state index in [-0.39, 0.29) is 17.9 Å². The number of aryl methyl sites for hydroxylation is 1. The maximum absolute atomic E-state index is 14.2. The smallest absolute Gasteiger partial charge is 0.360 e. The van der Waals surface area contributed by atoms with Crippen molar-refractivity contribution in [3.63, 3.8) is 0 Å². The van der Waals surface area contributed by atoms with Gasteiger partial charge < -0.3 is 19.1 Å². The van der Waals surface area contributed by atoms with Crippen molar-refractivity contribution < 1.29 is 28.3 Å². The van der Waals surface area contributed by atoms with Crippen molar-refractivity contribution >= 4 is 17.4 Å². The largest absolute Gasteiger partial charge is 0.496 e. The molecule has 0 amide bonds. The summed E-state index contributed by atoms with van der Waals surface area (Å²) >= 11 is 0. The van der Waals surface area contributed by atoms with Crippen molar-refractivity contribution in [3.05, 3.63) is 64.5 Å². The fourth-order valence-corrected chi connectivity index (χ4v) is 2.76. The molecule has 0 aliphatic rings. The van der Waals surface area contributed by atoms with E-state index < -0.39 is 11.8 Å². The Hall–Kier alpha value is -3.42. The van der Waals surface area contributed by atoms with E-state index in [0.29, 0.717) is 22.6 Å². The Bertz CT molecular complexity index is 941. The van der Waals surface area contributed by atoms with Crippen molar-refractivity contribution in [2.75, 3.05) is 21.3 Å². The standard InChI is InChI=1S/C21H23FN2O5/c1-13-8-6-9-15(20(24-28-5)21(25)27-4)16(13)12-29-23-14(2)19-17(22)10-7-11-18(19)26-3/h6-11H,12H2,1-5H3/b23-14+,24-20+. The van der Waals surface area contributed by atoms with E-state index in [0.717, 1.165) is 5.56 Å². The van der Waals surface area contributed by atoms with Gasteiger partial charge in [-0.25, -0.2) is 9.18 Å². The molecule has 29 heavy (non-hydrogen) atoms. The van der Waals surface area contributed by atoms with Crippen LogP contribution in [0, 0.1) is 12.7 Å². The summed E-state index contributed by atoms with van der Waals surface area (Å²) in [4.78, 5) is 22.3. The first kappa shape index (κ1) is 21.9. The Labute approximate surface area is 168 Å². The number of hydrogen-bond acceptors (Lipinski definition) is 7. The first-order valence-corrected chi connectivity index (χ1v) is 8.72. The number of hydrogen-bond donors (Lipinski definition) is 0. The Morgan fingerprint density at radius 2 is 1.79 bits per heavy atom. The third-order valence-corrected chi connectivity index (χ3v) is 4.19. The van der Waals surface area contributed by atoms with Gasteiger partial charge in [0.25, 0.3) is 0 Å². The number of methoxy groups -OCH3 is 2. The van der Waals surface area contributed by atoms with Gasteiger partial charge >= 0.3 is 5.97 Å². The fraction of sp³-hybridized carbons (Fsp3) is 0.286. The van der Waals surface area contributed by atoms with E-state index in [4.69, 9.17) is 19.1 Å². The number of rotatable bonds is 8. The molecular formula is C21H23FN2O5. The molecule has 7 nitrogen and oxygen atoms in total. The second-order valence-electron chi connectivity index (χ2n) is 5.98. The number of ether oxygens (including phenoxy) is 2. The van der Waals surface area contributed by atoms with Gasteiger partial charge in [0.2, 0.25) is 0 Å². The third-order valence-electron chi connectivity index (χ3n) is 4.19. The van der Waals surface area contributed by atoms with E-state index >= 15 is 0 Å². The van der Waals surface area contributed by atoms with Gasteiger partial charge in [-0.3, -0.25) is 0 Å². The lowest BCUT2D eigenvalue weighted by molar-refractivity contribution is -0.132. The van der Waals surface area contributed by atoms with Crippen LogP contribution in [0.3, 0.4) is 0 Å². The van der Waals surface area contributed by atoms with Crippen LogP contribution in [0.15, 0.2) is 46.7 Å². The lowest BCUT2D eigenvalue weighted by atomic mass is 9.99. The molecule has 0 aliphatic carbocycles. The molecule has 0 radical (unpaired) electrons. The first-order valence-electron chi connectivity index (χ1n) is 8.72. The van der Waals surface area contributed by atoms with E-state index in [1.807, 2.05) is 13.0 Å². The molecule has 154 valence electrons. The van der Waals surface area contributed by atoms with Crippen LogP contribution in [-0.2, 0) is 25.8 Å². The second kappa shape index (κ2) is 10.2. The van der Waals surface area contributed by atoms with Crippen LogP contribution in [0.25, 0.3) is 0 Å². The molecular weight excluding hydrogens is 379 g/mol. The number of nitrogens with zero attached hydrogens (tertiary/aromatic N) is 2. The zero-order valence-corrected chi connectivity index (χ0v) is 17.0. The molecule has 0 unspecified atom stereocenters. The molecule has 0 fully saturated rings. The van der Waals surface area contributed by atoms with E-state index in [1.165, 1.54) is 27.4 Å². The van der Waals surface area contributed by atoms with Crippen LogP contribution in [0.2, 0.25) is 0 Å². The molecule has 0 spiro atoms. The van der Waals surface area contributed by atoms with Crippen molar-refractivity contribution in [2.45, 2.75) is 20.5 Å². The van der Waals surface area contributed by atoms with Crippen LogP contribution in [-0.4, -0.2) is 38.7 Å². The Balaban J connectivity index is 2.33. The average molecular weight is 402 g/mol. The van der Waals surface area contributed by atoms with Crippen molar-refractivity contribution in [2.24, 2.45) is 10.3 Å². The maximum Gasteiger partial charge on any atom is 0.360 e. The minimum absolute atomic E-state index is 0.00812. The van der Waals surface area contributed by atoms with Gasteiger partial charge in [0.1, 0.15) is 25.3 Å². The number of esters is 1. The first-order chi connectivity index (χ1) is 13.9. The number of carbonyl (C=O) groups excluding carboxylic acids is 1. The molecule has 2 aromatic carbocycles. The molecule has 0 aliphatic heterocycles. The highest BCUT2D eigenvalue weighted by Crippen LogP contribution is 2.23. The van der Waals surface area contributed by atoms with E-state index in [9.17, 15) is 9.18 Å². The fourth-order valence-electron chi connectivity index (χ4n) is 2.76. The molecule has 0 saturated heterocycles. The normalized spacial score (nSPS) is 11.8. The molecule has 0 atom stereocenters. The number of oxime groups is 2. The summed E-state index contributed by atoms with van der Waals surface area (Å²) in [6, 6.07) is 9.86. The van der Waals surface area contributed by atoms with Gasteiger partial charge in [0.15, 0.2) is 5.71 Å². The molecule has 8 heteroatoms. The minimum Gasteiger partial charge on any atom is -0.496 e. The van der Waals surface area contributed by atoms with Crippen molar-refractivity contribution in [3.8, 4) is 5.75 Å². The van der Waals surface area contributed by atoms with Gasteiger partial charge in [0, 0.05) is 11.1 Å². The topological polar surface area (TPSA) is 78.7 Å². The number of carbonyl (C=O) groups is 1. The number of benzene rings is 2. The van der Waals surface area contributed by atoms with Crippen molar-refractivity contribution in [1.29, 1.82) is 0 Å². The molecule has 0 bridgehead atoms. The van der Waals surface area contributed by atoms with Crippen LogP contribution in [0.4, 0.5) is 4.39 Å². The van der Waals surface area contributed by atoms with Gasteiger partial charge in [-0.15, -0.1) is 0 Å². The summed E-state index contributed by atoms with van der Waals surface area (Å²) in [5.74, 6) is -0.757. The molecule has 0 heterocycles. The van der Waals surface area contributed by atoms with Crippen LogP contribution >= 0.6 is 0 Å². The quantitative estimate of drug-likeness (QED) is 0.383. The summed E-state index contributed by atoms with van der Waals surface area (Å²) in [7, 11) is 4.05. The molecule has 0 N–H and O–H groups in total. The Kier molecular flexibility index (Phi) is 7.70. The lowest BCUT2D eigenvalue weighted by Gasteiger charge is -2.13. The van der Waals surface area contributed by atoms with Gasteiger partial charge in [-0.2, -0.15) is 0 Å². The predicted octanol–water partition coefficient (Wildman–Crippen LogP) is 3.61. The monoisotopic (exact) mass is 402 g/mol. The molecule has 0 aromatic heterocycles. The summed E-state index contributed by atoms with van der Waals surface area (Å²) in [5, 5.41) is 7.80. The number of halogens is 1. The molecule has 2 aromatic rings. The van der Waals surface area contributed by atoms with Crippen molar-refractivity contribution in [1.82, 2.24) is 0 Å². The van der Waals surface area contributed by atoms with Gasteiger partial charge in [0.05, 0.1) is 25.5 Å².